The number of benzene rings is 1. The zero-order valence-corrected chi connectivity index (χ0v) is 14.7. The number of aromatic nitrogens is 1. The molecular formula is C17H23N3O2S. The standard InChI is InChI=1S/C17H23N3O2S/c1-11(2)22-14-7-5-13(6-8-14)17-20-15(10-23-17)16(21)19-9-12(3)18-4/h5-8,10-12,18H,9H2,1-4H3,(H,19,21). The first-order chi connectivity index (χ1) is 11.0. The Bertz CT molecular complexity index is 638. The first kappa shape index (κ1) is 17.4. The topological polar surface area (TPSA) is 63.2 Å². The van der Waals surface area contributed by atoms with E-state index in [1.165, 1.54) is 11.3 Å². The Hall–Kier alpha value is -1.92. The summed E-state index contributed by atoms with van der Waals surface area (Å²) in [5.41, 5.74) is 1.43. The number of nitrogens with one attached hydrogen (secondary N) is 2. The number of hydrogen-bond acceptors (Lipinski definition) is 5. The van der Waals surface area contributed by atoms with Crippen molar-refractivity contribution in [1.82, 2.24) is 15.6 Å². The second kappa shape index (κ2) is 8.08. The van der Waals surface area contributed by atoms with Crippen molar-refractivity contribution in [3.63, 3.8) is 0 Å². The lowest BCUT2D eigenvalue weighted by Gasteiger charge is -2.10. The number of hydrogen-bond donors (Lipinski definition) is 2. The lowest BCUT2D eigenvalue weighted by Crippen LogP contribution is -2.37. The second-order valence-corrected chi connectivity index (χ2v) is 6.49. The third-order valence-corrected chi connectivity index (χ3v) is 4.16. The van der Waals surface area contributed by atoms with Crippen molar-refractivity contribution in [3.8, 4) is 16.3 Å². The molecular weight excluding hydrogens is 310 g/mol. The molecule has 0 spiro atoms. The van der Waals surface area contributed by atoms with Crippen molar-refractivity contribution < 1.29 is 9.53 Å². The highest BCUT2D eigenvalue weighted by Gasteiger charge is 2.12. The fourth-order valence-electron chi connectivity index (χ4n) is 1.90. The highest BCUT2D eigenvalue weighted by Crippen LogP contribution is 2.26. The first-order valence-electron chi connectivity index (χ1n) is 7.67. The summed E-state index contributed by atoms with van der Waals surface area (Å²) in [7, 11) is 1.87. The second-order valence-electron chi connectivity index (χ2n) is 5.63. The van der Waals surface area contributed by atoms with Crippen LogP contribution in [0.3, 0.4) is 0 Å². The largest absolute Gasteiger partial charge is 0.491 e. The van der Waals surface area contributed by atoms with E-state index in [-0.39, 0.29) is 18.1 Å². The van der Waals surface area contributed by atoms with Crippen LogP contribution in [0.15, 0.2) is 29.6 Å². The fourth-order valence-corrected chi connectivity index (χ4v) is 2.70. The predicted molar refractivity (Wildman–Crippen MR) is 94.2 cm³/mol. The van der Waals surface area contributed by atoms with E-state index in [1.54, 1.807) is 5.38 Å². The maximum absolute atomic E-state index is 12.1. The quantitative estimate of drug-likeness (QED) is 0.818. The van der Waals surface area contributed by atoms with Gasteiger partial charge in [0.05, 0.1) is 6.10 Å². The van der Waals surface area contributed by atoms with Crippen LogP contribution < -0.4 is 15.4 Å². The van der Waals surface area contributed by atoms with E-state index in [0.717, 1.165) is 16.3 Å². The maximum atomic E-state index is 12.1. The van der Waals surface area contributed by atoms with E-state index in [4.69, 9.17) is 4.74 Å². The Balaban J connectivity index is 2.02. The Kier molecular flexibility index (Phi) is 6.12. The van der Waals surface area contributed by atoms with Gasteiger partial charge in [-0.1, -0.05) is 0 Å². The van der Waals surface area contributed by atoms with Crippen molar-refractivity contribution in [1.29, 1.82) is 0 Å². The first-order valence-corrected chi connectivity index (χ1v) is 8.55. The smallest absolute Gasteiger partial charge is 0.270 e. The fraction of sp³-hybridized carbons (Fsp3) is 0.412. The van der Waals surface area contributed by atoms with E-state index in [9.17, 15) is 4.79 Å². The van der Waals surface area contributed by atoms with Crippen molar-refractivity contribution >= 4 is 17.2 Å². The molecule has 6 heteroatoms. The molecule has 0 aliphatic rings. The number of carbonyl (C=O) groups is 1. The molecule has 0 radical (unpaired) electrons. The van der Waals surface area contributed by atoms with Crippen LogP contribution in [-0.2, 0) is 0 Å². The Morgan fingerprint density at radius 2 is 1.96 bits per heavy atom. The van der Waals surface area contributed by atoms with E-state index in [2.05, 4.69) is 15.6 Å². The zero-order chi connectivity index (χ0) is 16.8. The summed E-state index contributed by atoms with van der Waals surface area (Å²) in [5, 5.41) is 8.56. The molecule has 0 aliphatic heterocycles. The Labute approximate surface area is 141 Å². The molecule has 124 valence electrons. The molecule has 0 aliphatic carbocycles. The average molecular weight is 333 g/mol. The number of amides is 1. The molecule has 0 bridgehead atoms. The van der Waals surface area contributed by atoms with Crippen molar-refractivity contribution in [2.75, 3.05) is 13.6 Å². The molecule has 23 heavy (non-hydrogen) atoms. The molecule has 2 rings (SSSR count). The Morgan fingerprint density at radius 3 is 2.57 bits per heavy atom. The molecule has 1 amide bonds. The van der Waals surface area contributed by atoms with Crippen LogP contribution in [0.1, 0.15) is 31.3 Å². The molecule has 0 saturated carbocycles. The van der Waals surface area contributed by atoms with Crippen LogP contribution in [0.2, 0.25) is 0 Å². The van der Waals surface area contributed by atoms with Crippen molar-refractivity contribution in [2.24, 2.45) is 0 Å². The normalized spacial score (nSPS) is 12.2. The SMILES string of the molecule is CNC(C)CNC(=O)c1csc(-c2ccc(OC(C)C)cc2)n1. The van der Waals surface area contributed by atoms with Gasteiger partial charge in [-0.2, -0.15) is 0 Å². The van der Waals surface area contributed by atoms with Gasteiger partial charge in [0, 0.05) is 23.5 Å². The zero-order valence-electron chi connectivity index (χ0n) is 13.9. The lowest BCUT2D eigenvalue weighted by atomic mass is 10.2. The monoisotopic (exact) mass is 333 g/mol. The van der Waals surface area contributed by atoms with Gasteiger partial charge in [-0.15, -0.1) is 11.3 Å². The van der Waals surface area contributed by atoms with E-state index in [0.29, 0.717) is 12.2 Å². The van der Waals surface area contributed by atoms with Gasteiger partial charge < -0.3 is 15.4 Å². The van der Waals surface area contributed by atoms with Crippen LogP contribution in [0.4, 0.5) is 0 Å². The van der Waals surface area contributed by atoms with Gasteiger partial charge >= 0.3 is 0 Å². The summed E-state index contributed by atoms with van der Waals surface area (Å²) in [6.45, 7) is 6.57. The summed E-state index contributed by atoms with van der Waals surface area (Å²) < 4.78 is 5.63. The molecule has 2 aromatic rings. The molecule has 0 saturated heterocycles. The summed E-state index contributed by atoms with van der Waals surface area (Å²) in [4.78, 5) is 16.5. The van der Waals surface area contributed by atoms with E-state index >= 15 is 0 Å². The summed E-state index contributed by atoms with van der Waals surface area (Å²) in [6.07, 6.45) is 0.149. The van der Waals surface area contributed by atoms with Gasteiger partial charge in [-0.3, -0.25) is 4.79 Å². The number of likely N-dealkylation sites (N-methyl/N-ethyl adjacent to an activating group) is 1. The van der Waals surface area contributed by atoms with Crippen molar-refractivity contribution in [2.45, 2.75) is 32.9 Å². The number of carbonyl (C=O) groups excluding carboxylic acids is 1. The molecule has 1 aromatic carbocycles. The predicted octanol–water partition coefficient (Wildman–Crippen LogP) is 2.94. The number of nitrogens with zero attached hydrogens (tertiary/aromatic N) is 1. The van der Waals surface area contributed by atoms with Gasteiger partial charge in [0.1, 0.15) is 16.5 Å². The number of thiazole rings is 1. The van der Waals surface area contributed by atoms with Gasteiger partial charge in [0.2, 0.25) is 0 Å². The minimum absolute atomic E-state index is 0.144. The molecule has 1 atom stereocenters. The third kappa shape index (κ3) is 5.04. The van der Waals surface area contributed by atoms with Crippen LogP contribution in [0.25, 0.3) is 10.6 Å². The molecule has 1 unspecified atom stereocenters. The van der Waals surface area contributed by atoms with Crippen LogP contribution >= 0.6 is 11.3 Å². The van der Waals surface area contributed by atoms with E-state index < -0.39 is 0 Å². The van der Waals surface area contributed by atoms with Gasteiger partial charge in [-0.05, 0) is 52.1 Å². The van der Waals surface area contributed by atoms with E-state index in [1.807, 2.05) is 52.1 Å². The summed E-state index contributed by atoms with van der Waals surface area (Å²) in [5.74, 6) is 0.689. The minimum Gasteiger partial charge on any atom is -0.491 e. The molecule has 0 fully saturated rings. The van der Waals surface area contributed by atoms with Gasteiger partial charge in [0.15, 0.2) is 0 Å². The van der Waals surface area contributed by atoms with Crippen LogP contribution in [0, 0.1) is 0 Å². The highest BCUT2D eigenvalue weighted by atomic mass is 32.1. The highest BCUT2D eigenvalue weighted by molar-refractivity contribution is 7.13. The molecule has 2 N–H and O–H groups in total. The Morgan fingerprint density at radius 1 is 1.26 bits per heavy atom. The maximum Gasteiger partial charge on any atom is 0.270 e. The molecule has 1 aromatic heterocycles. The summed E-state index contributed by atoms with van der Waals surface area (Å²) in [6, 6.07) is 7.99. The molecule has 5 nitrogen and oxygen atoms in total. The van der Waals surface area contributed by atoms with Crippen LogP contribution in [0.5, 0.6) is 5.75 Å². The summed E-state index contributed by atoms with van der Waals surface area (Å²) >= 11 is 1.46. The lowest BCUT2D eigenvalue weighted by molar-refractivity contribution is 0.0946. The van der Waals surface area contributed by atoms with Gasteiger partial charge in [0.25, 0.3) is 5.91 Å². The van der Waals surface area contributed by atoms with Crippen LogP contribution in [-0.4, -0.2) is 36.6 Å². The van der Waals surface area contributed by atoms with Gasteiger partial charge in [-0.25, -0.2) is 4.98 Å². The average Bonchev–Trinajstić information content (AvgIpc) is 3.02. The number of ether oxygens (including phenoxy) is 1. The molecule has 1 heterocycles. The van der Waals surface area contributed by atoms with Crippen molar-refractivity contribution in [3.05, 3.63) is 35.3 Å². The number of rotatable bonds is 7. The third-order valence-electron chi connectivity index (χ3n) is 3.27. The minimum atomic E-state index is -0.144.